The molecule has 0 saturated carbocycles. The first kappa shape index (κ1) is 67.2. The summed E-state index contributed by atoms with van der Waals surface area (Å²) in [5.74, 6) is 0. The molecule has 25 heteroatoms. The first-order valence-electron chi connectivity index (χ1n) is 19.2. The number of aryl methyl sites for hydroxylation is 9. The van der Waals surface area contributed by atoms with Crippen molar-refractivity contribution >= 4 is 40.2 Å². The molecule has 0 unspecified atom stereocenters. The van der Waals surface area contributed by atoms with E-state index in [1.807, 2.05) is 20.8 Å². The molecule has 3 aromatic rings. The van der Waals surface area contributed by atoms with Crippen LogP contribution in [0.3, 0.4) is 0 Å². The van der Waals surface area contributed by atoms with E-state index in [4.69, 9.17) is 13.0 Å². The van der Waals surface area contributed by atoms with E-state index in [0.29, 0.717) is 33.4 Å². The van der Waals surface area contributed by atoms with Gasteiger partial charge in [-0.15, -0.1) is 19.6 Å². The Morgan fingerprint density at radius 2 is 0.646 bits per heavy atom. The Hall–Kier alpha value is -2.03. The number of rotatable bonds is 18. The largest absolute Gasteiger partial charge is 4.00 e. The Morgan fingerprint density at radius 1 is 0.462 bits per heavy atom. The van der Waals surface area contributed by atoms with E-state index in [0.717, 1.165) is 29.8 Å². The van der Waals surface area contributed by atoms with Crippen LogP contribution in [0, 0.1) is 62.3 Å². The molecule has 0 aromatic heterocycles. The van der Waals surface area contributed by atoms with Gasteiger partial charge in [0.25, 0.3) is 0 Å². The van der Waals surface area contributed by atoms with E-state index in [2.05, 4.69) is 52.2 Å². The van der Waals surface area contributed by atoms with Crippen LogP contribution in [0.25, 0.3) is 14.2 Å². The second-order valence-electron chi connectivity index (χ2n) is 15.5. The fraction of sp³-hybridized carbons (Fsp3) is 0.550. The molecule has 0 heterocycles. The number of hydrogen-bond acceptors (Lipinski definition) is 13. The summed E-state index contributed by atoms with van der Waals surface area (Å²) in [5, 5.41) is 0. The molecular formula is C40H62F3Fe2N6O10S4+3. The van der Waals surface area contributed by atoms with Crippen LogP contribution in [-0.2, 0) is 74.3 Å². The zero-order chi connectivity index (χ0) is 48.2. The number of sulfonamides is 3. The van der Waals surface area contributed by atoms with Crippen molar-refractivity contribution in [1.82, 2.24) is 14.7 Å². The quantitative estimate of drug-likeness (QED) is 0.0769. The molecular weight excluding hydrogens is 1020 g/mol. The molecule has 0 amide bonds. The van der Waals surface area contributed by atoms with Gasteiger partial charge in [0.05, 0.1) is 14.7 Å². The van der Waals surface area contributed by atoms with Crippen LogP contribution < -0.4 is 0 Å². The third kappa shape index (κ3) is 22.8. The summed E-state index contributed by atoms with van der Waals surface area (Å²) in [5.41, 5.74) is 0.836. The minimum absolute atomic E-state index is 0. The molecule has 0 aliphatic carbocycles. The minimum Gasteiger partial charge on any atom is -0.870 e. The summed E-state index contributed by atoms with van der Waals surface area (Å²) in [7, 11) is -9.62. The van der Waals surface area contributed by atoms with Crippen molar-refractivity contribution in [2.45, 2.75) is 82.5 Å². The number of likely N-dealkylation sites (N-methyl/N-ethyl adjacent to an activating group) is 2. The smallest absolute Gasteiger partial charge is 0.870 e. The monoisotopic (exact) mass is 1080 g/mol. The molecule has 3 aromatic carbocycles. The van der Waals surface area contributed by atoms with E-state index in [1.54, 1.807) is 82.8 Å². The minimum atomic E-state index is -6.09. The first-order chi connectivity index (χ1) is 28.1. The molecule has 65 heavy (non-hydrogen) atoms. The molecule has 0 radical (unpaired) electrons. The van der Waals surface area contributed by atoms with Gasteiger partial charge in [0.1, 0.15) is 30.1 Å². The zero-order valence-corrected chi connectivity index (χ0v) is 44.4. The number of hydrogen-bond donors (Lipinski definition) is 0. The maximum absolute atomic E-state index is 13.2. The van der Waals surface area contributed by atoms with Crippen molar-refractivity contribution in [3.8, 4) is 0 Å². The van der Waals surface area contributed by atoms with Crippen molar-refractivity contribution < 1.29 is 91.0 Å². The Bertz CT molecular complexity index is 2140. The molecule has 0 saturated heterocycles. The average molecular weight is 1080 g/mol. The van der Waals surface area contributed by atoms with Crippen LogP contribution in [0.4, 0.5) is 13.2 Å². The van der Waals surface area contributed by atoms with Crippen molar-refractivity contribution in [3.05, 3.63) is 101 Å². The van der Waals surface area contributed by atoms with E-state index in [-0.39, 0.29) is 93.6 Å². The molecule has 1 N–H and O–H groups in total. The molecule has 3 rings (SSSR count). The number of nitrogens with zero attached hydrogens (tertiary/aromatic N) is 6. The van der Waals surface area contributed by atoms with Gasteiger partial charge in [0.2, 0.25) is 0 Å². The van der Waals surface area contributed by atoms with Gasteiger partial charge in [0, 0.05) is 13.1 Å². The Morgan fingerprint density at radius 3 is 0.800 bits per heavy atom. The predicted molar refractivity (Wildman–Crippen MR) is 239 cm³/mol. The van der Waals surface area contributed by atoms with Gasteiger partial charge in [-0.1, -0.05) is 53.1 Å². The summed E-state index contributed by atoms with van der Waals surface area (Å²) >= 11 is 0. The summed E-state index contributed by atoms with van der Waals surface area (Å²) in [6.45, 7) is 18.4. The van der Waals surface area contributed by atoms with Gasteiger partial charge in [-0.25, -0.2) is 33.7 Å². The van der Waals surface area contributed by atoms with E-state index >= 15 is 0 Å². The molecule has 0 atom stereocenters. The molecule has 16 nitrogen and oxygen atoms in total. The predicted octanol–water partition coefficient (Wildman–Crippen LogP) is 6.33. The van der Waals surface area contributed by atoms with Gasteiger partial charge < -0.3 is 38.9 Å². The van der Waals surface area contributed by atoms with Crippen molar-refractivity contribution in [1.29, 1.82) is 0 Å². The summed E-state index contributed by atoms with van der Waals surface area (Å²) in [6, 6.07) is 10.8. The zero-order valence-electron chi connectivity index (χ0n) is 38.9. The molecule has 0 bridgehead atoms. The molecule has 0 aliphatic heterocycles. The fourth-order valence-corrected chi connectivity index (χ4v) is 10.7. The average Bonchev–Trinajstić information content (AvgIpc) is 3.04. The van der Waals surface area contributed by atoms with E-state index in [9.17, 15) is 38.4 Å². The van der Waals surface area contributed by atoms with Gasteiger partial charge in [-0.3, -0.25) is 0 Å². The third-order valence-electron chi connectivity index (χ3n) is 8.90. The normalized spacial score (nSPS) is 12.1. The number of benzene rings is 3. The summed E-state index contributed by atoms with van der Waals surface area (Å²) in [4.78, 5) is 6.59. The van der Waals surface area contributed by atoms with E-state index < -0.39 is 45.7 Å². The molecule has 370 valence electrons. The Kier molecular flexibility index (Phi) is 29.4. The summed E-state index contributed by atoms with van der Waals surface area (Å²) in [6.07, 6.45) is 0. The van der Waals surface area contributed by atoms with Crippen molar-refractivity contribution in [2.24, 2.45) is 0 Å². The van der Waals surface area contributed by atoms with Gasteiger partial charge >= 0.3 is 39.6 Å². The Balaban J connectivity index is -0.00000172. The standard InChI is InChI=1S/C33H45N4O6S3.C6H16N2.CHF3O3S.2Fe.H2O/c1-22-16-25(4)31(26(5)17-22)44(38,39)34-10-13-37(14-11-35-45(40,41)32-27(6)18-23(2)19-28(32)7)15-12-36-46(42,43)33-29(8)20-24(3)21-30(33)9;1-7(2)5-6-8(3)4;2-1(3,4)8(5,6)7;;;/h16-21H,10-15H2,1-9H3;5-6H2,1-4H3;(H,5,6,7);;;1H2/q-3;;;2*+4;/p-2. The van der Waals surface area contributed by atoms with Crippen LogP contribution in [0.15, 0.2) is 51.1 Å². The molecule has 0 fully saturated rings. The van der Waals surface area contributed by atoms with Crippen LogP contribution in [0.2, 0.25) is 0 Å². The second kappa shape index (κ2) is 28.5. The van der Waals surface area contributed by atoms with Gasteiger partial charge in [0.15, 0.2) is 10.1 Å². The SMILES string of the molecule is CN(C)CCN(C)C.Cc1cc(C)c(S(=O)(=O)[N-]CCN(CC[N-]S(=O)(=O)c2c(C)cc(C)cc2C)CC[N-]S(=O)(=O)c2c(C)cc(C)cc2C)c(C)c1.O=S(=O)([O-])C(F)(F)F.[Fe+4].[Fe+4].[OH-]. The second-order valence-corrected chi connectivity index (χ2v) is 21.7. The third-order valence-corrected chi connectivity index (χ3v) is 14.5. The van der Waals surface area contributed by atoms with Crippen molar-refractivity contribution in [3.63, 3.8) is 0 Å². The van der Waals surface area contributed by atoms with Crippen LogP contribution >= 0.6 is 0 Å². The molecule has 0 spiro atoms. The van der Waals surface area contributed by atoms with Gasteiger partial charge in [-0.2, -0.15) is 13.2 Å². The van der Waals surface area contributed by atoms with Crippen LogP contribution in [-0.4, -0.2) is 144 Å². The first-order valence-corrected chi connectivity index (χ1v) is 24.9. The molecule has 0 aliphatic rings. The number of halogens is 3. The summed E-state index contributed by atoms with van der Waals surface area (Å²) < 4.78 is 150. The fourth-order valence-electron chi connectivity index (χ4n) is 6.56. The maximum atomic E-state index is 13.2. The topological polar surface area (TPSA) is 242 Å². The van der Waals surface area contributed by atoms with Crippen molar-refractivity contribution in [2.75, 3.05) is 80.5 Å². The number of alkyl halides is 3. The van der Waals surface area contributed by atoms with Crippen LogP contribution in [0.5, 0.6) is 0 Å². The van der Waals surface area contributed by atoms with Crippen LogP contribution in [0.1, 0.15) is 50.1 Å². The van der Waals surface area contributed by atoms with Gasteiger partial charge in [-0.05, 0) is 144 Å². The Labute approximate surface area is 407 Å². The maximum Gasteiger partial charge on any atom is 4.00 e. The van der Waals surface area contributed by atoms with E-state index in [1.165, 1.54) is 0 Å².